The van der Waals surface area contributed by atoms with Crippen LogP contribution >= 0.6 is 0 Å². The summed E-state index contributed by atoms with van der Waals surface area (Å²) in [6.45, 7) is 7.75. The summed E-state index contributed by atoms with van der Waals surface area (Å²) in [5.41, 5.74) is 0.873. The fourth-order valence-electron chi connectivity index (χ4n) is 4.23. The van der Waals surface area contributed by atoms with Crippen molar-refractivity contribution in [2.45, 2.75) is 19.4 Å². The van der Waals surface area contributed by atoms with Crippen molar-refractivity contribution in [1.29, 1.82) is 0 Å². The summed E-state index contributed by atoms with van der Waals surface area (Å²) < 4.78 is 17.0. The number of carbonyl (C=O) groups excluding carboxylic acids is 2. The van der Waals surface area contributed by atoms with Gasteiger partial charge < -0.3 is 23.8 Å². The van der Waals surface area contributed by atoms with Crippen molar-refractivity contribution in [2.75, 3.05) is 32.8 Å². The number of fused-ring (bicyclic) bond motifs is 3. The van der Waals surface area contributed by atoms with Crippen LogP contribution in [0, 0.1) is 5.92 Å². The average Bonchev–Trinajstić information content (AvgIpc) is 3.28. The van der Waals surface area contributed by atoms with Crippen molar-refractivity contribution in [2.24, 2.45) is 5.92 Å². The monoisotopic (exact) mass is 411 g/mol. The van der Waals surface area contributed by atoms with E-state index in [1.807, 2.05) is 25.1 Å². The van der Waals surface area contributed by atoms with E-state index in [1.54, 1.807) is 21.9 Å². The molecule has 0 spiro atoms. The van der Waals surface area contributed by atoms with Crippen LogP contribution in [0.15, 0.2) is 47.6 Å². The van der Waals surface area contributed by atoms with E-state index in [2.05, 4.69) is 11.7 Å². The van der Waals surface area contributed by atoms with Crippen LogP contribution < -0.4 is 9.47 Å². The van der Waals surface area contributed by atoms with Crippen molar-refractivity contribution < 1.29 is 23.6 Å². The third kappa shape index (κ3) is 3.65. The Hall–Kier alpha value is -3.29. The zero-order chi connectivity index (χ0) is 21.1. The molecule has 4 rings (SSSR count). The molecule has 1 saturated heterocycles. The van der Waals surface area contributed by atoms with E-state index < -0.39 is 0 Å². The summed E-state index contributed by atoms with van der Waals surface area (Å²) >= 11 is 0. The summed E-state index contributed by atoms with van der Waals surface area (Å²) in [7, 11) is 0. The van der Waals surface area contributed by atoms with Gasteiger partial charge in [-0.05, 0) is 13.0 Å². The minimum atomic E-state index is -0.290. The van der Waals surface area contributed by atoms with Gasteiger partial charge in [0.25, 0.3) is 5.91 Å². The Balaban J connectivity index is 1.78. The molecule has 0 N–H and O–H groups in total. The van der Waals surface area contributed by atoms with Gasteiger partial charge in [-0.25, -0.2) is 0 Å². The van der Waals surface area contributed by atoms with Crippen LogP contribution in [0.4, 0.5) is 0 Å². The summed E-state index contributed by atoms with van der Waals surface area (Å²) in [6.07, 6.45) is 3.38. The maximum atomic E-state index is 13.3. The van der Waals surface area contributed by atoms with Gasteiger partial charge in [0.15, 0.2) is 11.5 Å². The van der Waals surface area contributed by atoms with E-state index >= 15 is 0 Å². The molecule has 8 heteroatoms. The lowest BCUT2D eigenvalue weighted by Gasteiger charge is -2.44. The summed E-state index contributed by atoms with van der Waals surface area (Å²) in [5.74, 6) is 1.05. The SMILES string of the molecule is C=CCN1C[C@H]2COc3c(OCC)cccc3[C@H]2N(C(=O)c2ccno2)CCC1=O. The number of nitrogens with zero attached hydrogens (tertiary/aromatic N) is 3. The number of rotatable bonds is 5. The van der Waals surface area contributed by atoms with E-state index in [1.165, 1.54) is 6.20 Å². The smallest absolute Gasteiger partial charge is 0.293 e. The maximum absolute atomic E-state index is 13.3. The zero-order valence-corrected chi connectivity index (χ0v) is 17.0. The molecule has 0 aliphatic carbocycles. The minimum Gasteiger partial charge on any atom is -0.490 e. The fraction of sp³-hybridized carbons (Fsp3) is 0.409. The lowest BCUT2D eigenvalue weighted by atomic mass is 9.87. The van der Waals surface area contributed by atoms with Crippen LogP contribution in [0.5, 0.6) is 11.5 Å². The van der Waals surface area contributed by atoms with Crippen LogP contribution in [-0.2, 0) is 4.79 Å². The molecule has 0 saturated carbocycles. The number of hydrogen-bond donors (Lipinski definition) is 0. The van der Waals surface area contributed by atoms with Crippen molar-refractivity contribution in [3.63, 3.8) is 0 Å². The van der Waals surface area contributed by atoms with Gasteiger partial charge in [-0.1, -0.05) is 23.4 Å². The van der Waals surface area contributed by atoms with Crippen LogP contribution in [0.25, 0.3) is 0 Å². The Morgan fingerprint density at radius 1 is 1.40 bits per heavy atom. The average molecular weight is 411 g/mol. The van der Waals surface area contributed by atoms with Crippen LogP contribution in [0.1, 0.15) is 35.5 Å². The number of para-hydroxylation sites is 1. The predicted octanol–water partition coefficient (Wildman–Crippen LogP) is 2.68. The predicted molar refractivity (Wildman–Crippen MR) is 108 cm³/mol. The molecule has 1 aromatic heterocycles. The van der Waals surface area contributed by atoms with E-state index in [4.69, 9.17) is 14.0 Å². The highest BCUT2D eigenvalue weighted by atomic mass is 16.5. The molecule has 1 fully saturated rings. The van der Waals surface area contributed by atoms with Gasteiger partial charge in [0, 0.05) is 43.6 Å². The molecule has 158 valence electrons. The fourth-order valence-corrected chi connectivity index (χ4v) is 4.23. The van der Waals surface area contributed by atoms with Crippen LogP contribution in [-0.4, -0.2) is 59.6 Å². The molecule has 2 aliphatic heterocycles. The Kier molecular flexibility index (Phi) is 5.74. The van der Waals surface area contributed by atoms with Gasteiger partial charge in [0.2, 0.25) is 11.7 Å². The number of hydrogen-bond acceptors (Lipinski definition) is 6. The van der Waals surface area contributed by atoms with Gasteiger partial charge in [-0.3, -0.25) is 9.59 Å². The Bertz CT molecular complexity index is 927. The molecule has 1 aromatic carbocycles. The van der Waals surface area contributed by atoms with Gasteiger partial charge in [-0.15, -0.1) is 6.58 Å². The molecule has 3 heterocycles. The van der Waals surface area contributed by atoms with E-state index in [0.29, 0.717) is 37.8 Å². The lowest BCUT2D eigenvalue weighted by molar-refractivity contribution is -0.133. The minimum absolute atomic E-state index is 0.0161. The second-order valence-corrected chi connectivity index (χ2v) is 7.34. The Morgan fingerprint density at radius 3 is 3.00 bits per heavy atom. The van der Waals surface area contributed by atoms with Crippen molar-refractivity contribution in [3.8, 4) is 11.5 Å². The highest BCUT2D eigenvalue weighted by Gasteiger charge is 2.42. The molecule has 2 atom stereocenters. The number of ether oxygens (including phenoxy) is 2. The van der Waals surface area contributed by atoms with Gasteiger partial charge in [0.1, 0.15) is 0 Å². The molecule has 2 amide bonds. The standard InChI is InChI=1S/C22H25N3O5/c1-3-11-24-13-15-14-29-21-16(6-5-7-17(21)28-4-2)20(15)25(12-9-19(24)26)22(27)18-8-10-23-30-18/h3,5-8,10,15,20H,1,4,9,11-14H2,2H3/t15-,20-/m0/s1. The molecule has 0 bridgehead atoms. The summed E-state index contributed by atoms with van der Waals surface area (Å²) in [6, 6.07) is 6.97. The van der Waals surface area contributed by atoms with Gasteiger partial charge >= 0.3 is 0 Å². The number of benzene rings is 1. The van der Waals surface area contributed by atoms with Gasteiger partial charge in [0.05, 0.1) is 25.5 Å². The number of aromatic nitrogens is 1. The highest BCUT2D eigenvalue weighted by Crippen LogP contribution is 2.45. The van der Waals surface area contributed by atoms with Crippen LogP contribution in [0.3, 0.4) is 0 Å². The second-order valence-electron chi connectivity index (χ2n) is 7.34. The Labute approximate surface area is 175 Å². The largest absolute Gasteiger partial charge is 0.490 e. The maximum Gasteiger partial charge on any atom is 0.293 e. The normalized spacial score (nSPS) is 21.0. The molecule has 0 radical (unpaired) electrons. The number of carbonyl (C=O) groups is 2. The first-order chi connectivity index (χ1) is 14.6. The second kappa shape index (κ2) is 8.61. The van der Waals surface area contributed by atoms with E-state index in [9.17, 15) is 9.59 Å². The molecule has 2 aromatic rings. The van der Waals surface area contributed by atoms with Crippen LogP contribution in [0.2, 0.25) is 0 Å². The van der Waals surface area contributed by atoms with E-state index in [-0.39, 0.29) is 42.5 Å². The Morgan fingerprint density at radius 2 is 2.27 bits per heavy atom. The molecule has 2 aliphatic rings. The van der Waals surface area contributed by atoms with Crippen molar-refractivity contribution in [3.05, 3.63) is 54.4 Å². The lowest BCUT2D eigenvalue weighted by Crippen LogP contribution is -2.51. The molecular weight excluding hydrogens is 386 g/mol. The summed E-state index contributed by atoms with van der Waals surface area (Å²) in [5, 5.41) is 3.66. The molecule has 0 unspecified atom stereocenters. The third-order valence-corrected chi connectivity index (χ3v) is 5.49. The van der Waals surface area contributed by atoms with Crippen molar-refractivity contribution in [1.82, 2.24) is 15.0 Å². The first kappa shape index (κ1) is 20.0. The summed E-state index contributed by atoms with van der Waals surface area (Å²) in [4.78, 5) is 29.5. The quantitative estimate of drug-likeness (QED) is 0.704. The third-order valence-electron chi connectivity index (χ3n) is 5.49. The number of amides is 2. The molecular formula is C22H25N3O5. The van der Waals surface area contributed by atoms with Gasteiger partial charge in [-0.2, -0.15) is 0 Å². The first-order valence-electron chi connectivity index (χ1n) is 10.1. The first-order valence-corrected chi connectivity index (χ1v) is 10.1. The van der Waals surface area contributed by atoms with E-state index in [0.717, 1.165) is 5.56 Å². The van der Waals surface area contributed by atoms with Crippen molar-refractivity contribution >= 4 is 11.8 Å². The molecule has 30 heavy (non-hydrogen) atoms. The zero-order valence-electron chi connectivity index (χ0n) is 17.0. The molecule has 8 nitrogen and oxygen atoms in total. The highest BCUT2D eigenvalue weighted by molar-refractivity contribution is 5.92. The topological polar surface area (TPSA) is 85.1 Å².